The van der Waals surface area contributed by atoms with Crippen LogP contribution in [0.15, 0.2) is 36.4 Å². The summed E-state index contributed by atoms with van der Waals surface area (Å²) >= 11 is 0. The summed E-state index contributed by atoms with van der Waals surface area (Å²) < 4.78 is 17.1. The van der Waals surface area contributed by atoms with E-state index >= 15 is 0 Å². The Morgan fingerprint density at radius 2 is 1.71 bits per heavy atom. The lowest BCUT2D eigenvalue weighted by Gasteiger charge is -2.33. The summed E-state index contributed by atoms with van der Waals surface area (Å²) in [4.78, 5) is 28.3. The summed E-state index contributed by atoms with van der Waals surface area (Å²) in [6.07, 6.45) is 3.44. The summed E-state index contributed by atoms with van der Waals surface area (Å²) in [6.45, 7) is 5.79. The number of fused-ring (bicyclic) bond motifs is 2. The third kappa shape index (κ3) is 6.18. The summed E-state index contributed by atoms with van der Waals surface area (Å²) in [5.74, 6) is 2.53. The molecule has 1 N–H and O–H groups in total. The van der Waals surface area contributed by atoms with Crippen LogP contribution in [0.4, 0.5) is 5.69 Å². The molecule has 3 aliphatic heterocycles. The molecule has 2 amide bonds. The van der Waals surface area contributed by atoms with Gasteiger partial charge in [-0.15, -0.1) is 12.4 Å². The fraction of sp³-hybridized carbons (Fsp3) is 0.462. The Kier molecular flexibility index (Phi) is 8.03. The summed E-state index contributed by atoms with van der Waals surface area (Å²) in [5, 5.41) is 2.76. The second-order valence-corrected chi connectivity index (χ2v) is 9.15. The zero-order valence-corrected chi connectivity index (χ0v) is 20.8. The first-order valence-electron chi connectivity index (χ1n) is 12.0. The van der Waals surface area contributed by atoms with Crippen molar-refractivity contribution in [3.8, 4) is 17.2 Å². The van der Waals surface area contributed by atoms with Gasteiger partial charge in [0.05, 0.1) is 0 Å². The number of hydrogen-bond donors (Lipinski definition) is 1. The number of halogens is 1. The van der Waals surface area contributed by atoms with E-state index in [0.29, 0.717) is 13.0 Å². The number of nitrogens with one attached hydrogen (secondary N) is 1. The molecule has 0 bridgehead atoms. The number of carbonyl (C=O) groups is 2. The van der Waals surface area contributed by atoms with E-state index in [1.165, 1.54) is 12.5 Å². The highest BCUT2D eigenvalue weighted by molar-refractivity contribution is 5.88. The van der Waals surface area contributed by atoms with Gasteiger partial charge in [0.2, 0.25) is 18.6 Å². The van der Waals surface area contributed by atoms with Gasteiger partial charge >= 0.3 is 0 Å². The molecule has 8 nitrogen and oxygen atoms in total. The quantitative estimate of drug-likeness (QED) is 0.651. The Morgan fingerprint density at radius 1 is 1.03 bits per heavy atom. The number of hydrogen-bond acceptors (Lipinski definition) is 6. The molecule has 188 valence electrons. The molecule has 0 saturated carbocycles. The van der Waals surface area contributed by atoms with Gasteiger partial charge in [-0.05, 0) is 66.8 Å². The van der Waals surface area contributed by atoms with Crippen LogP contribution in [0.3, 0.4) is 0 Å². The van der Waals surface area contributed by atoms with Crippen molar-refractivity contribution >= 4 is 29.9 Å². The van der Waals surface area contributed by atoms with E-state index in [1.54, 1.807) is 0 Å². The molecule has 0 unspecified atom stereocenters. The molecular formula is C26H32ClN3O5. The van der Waals surface area contributed by atoms with Crippen molar-refractivity contribution in [3.05, 3.63) is 47.5 Å². The van der Waals surface area contributed by atoms with Crippen molar-refractivity contribution < 1.29 is 23.8 Å². The molecule has 0 atom stereocenters. The van der Waals surface area contributed by atoms with Gasteiger partial charge in [-0.1, -0.05) is 0 Å². The molecule has 0 spiro atoms. The molecule has 0 aromatic heterocycles. The Bertz CT molecular complexity index is 1050. The Balaban J connectivity index is 0.00000289. The van der Waals surface area contributed by atoms with Crippen molar-refractivity contribution in [1.29, 1.82) is 0 Å². The molecule has 1 saturated heterocycles. The summed E-state index contributed by atoms with van der Waals surface area (Å²) in [6, 6.07) is 11.6. The third-order valence-corrected chi connectivity index (χ3v) is 6.71. The van der Waals surface area contributed by atoms with Gasteiger partial charge in [-0.25, -0.2) is 0 Å². The van der Waals surface area contributed by atoms with E-state index in [9.17, 15) is 9.59 Å². The molecule has 1 fully saturated rings. The van der Waals surface area contributed by atoms with E-state index < -0.39 is 0 Å². The van der Waals surface area contributed by atoms with Crippen LogP contribution in [0, 0.1) is 0 Å². The van der Waals surface area contributed by atoms with Crippen LogP contribution < -0.4 is 19.5 Å². The van der Waals surface area contributed by atoms with Crippen LogP contribution in [0.25, 0.3) is 0 Å². The average molecular weight is 502 g/mol. The highest BCUT2D eigenvalue weighted by Gasteiger charge is 2.26. The zero-order chi connectivity index (χ0) is 23.5. The van der Waals surface area contributed by atoms with Crippen LogP contribution >= 0.6 is 12.4 Å². The maximum absolute atomic E-state index is 12.9. The maximum Gasteiger partial charge on any atom is 0.231 e. The van der Waals surface area contributed by atoms with Crippen LogP contribution in [-0.4, -0.2) is 60.7 Å². The summed E-state index contributed by atoms with van der Waals surface area (Å²) in [5.41, 5.74) is 3.18. The van der Waals surface area contributed by atoms with Gasteiger partial charge in [0, 0.05) is 51.8 Å². The Morgan fingerprint density at radius 3 is 2.40 bits per heavy atom. The first kappa shape index (κ1) is 25.1. The lowest BCUT2D eigenvalue weighted by atomic mass is 9.98. The van der Waals surface area contributed by atoms with Crippen molar-refractivity contribution in [3.63, 3.8) is 0 Å². The molecule has 2 aromatic rings. The van der Waals surface area contributed by atoms with Gasteiger partial charge < -0.3 is 29.3 Å². The molecule has 35 heavy (non-hydrogen) atoms. The fourth-order valence-corrected chi connectivity index (χ4v) is 4.83. The predicted molar refractivity (Wildman–Crippen MR) is 134 cm³/mol. The monoisotopic (exact) mass is 501 g/mol. The van der Waals surface area contributed by atoms with E-state index in [4.69, 9.17) is 14.2 Å². The number of carbonyl (C=O) groups excluding carboxylic acids is 2. The molecule has 3 heterocycles. The molecule has 5 rings (SSSR count). The van der Waals surface area contributed by atoms with Gasteiger partial charge in [0.25, 0.3) is 0 Å². The number of anilines is 1. The first-order chi connectivity index (χ1) is 16.5. The normalized spacial score (nSPS) is 17.3. The number of ether oxygens (including phenoxy) is 3. The Hall–Kier alpha value is -2.97. The van der Waals surface area contributed by atoms with Crippen LogP contribution in [-0.2, 0) is 22.6 Å². The smallest absolute Gasteiger partial charge is 0.231 e. The minimum absolute atomic E-state index is 0. The number of rotatable bonds is 6. The van der Waals surface area contributed by atoms with Crippen molar-refractivity contribution in [2.75, 3.05) is 38.3 Å². The topological polar surface area (TPSA) is 80.3 Å². The average Bonchev–Trinajstić information content (AvgIpc) is 3.30. The number of amides is 2. The molecule has 2 aromatic carbocycles. The van der Waals surface area contributed by atoms with E-state index in [1.807, 2.05) is 35.2 Å². The highest BCUT2D eigenvalue weighted by atomic mass is 35.5. The van der Waals surface area contributed by atoms with E-state index in [2.05, 4.69) is 16.3 Å². The van der Waals surface area contributed by atoms with Gasteiger partial charge in [0.15, 0.2) is 11.5 Å². The number of piperidine rings is 1. The van der Waals surface area contributed by atoms with Crippen LogP contribution in [0.5, 0.6) is 17.2 Å². The van der Waals surface area contributed by atoms with Crippen molar-refractivity contribution in [2.45, 2.75) is 45.3 Å². The molecule has 9 heteroatoms. The third-order valence-electron chi connectivity index (χ3n) is 6.71. The van der Waals surface area contributed by atoms with E-state index in [0.717, 1.165) is 73.9 Å². The second-order valence-electron chi connectivity index (χ2n) is 9.15. The lowest BCUT2D eigenvalue weighted by Crippen LogP contribution is -2.41. The predicted octanol–water partition coefficient (Wildman–Crippen LogP) is 3.61. The lowest BCUT2D eigenvalue weighted by molar-refractivity contribution is -0.132. The molecule has 0 radical (unpaired) electrons. The van der Waals surface area contributed by atoms with Crippen LogP contribution in [0.2, 0.25) is 0 Å². The van der Waals surface area contributed by atoms with Gasteiger partial charge in [0.1, 0.15) is 11.9 Å². The SMILES string of the molecule is CC(=O)Nc1ccc(OC2CCN(CCC(=O)N3CCc4cc5c(cc4C3)OCO5)CC2)cc1.Cl. The second kappa shape index (κ2) is 11.2. The molecular weight excluding hydrogens is 470 g/mol. The Labute approximate surface area is 211 Å². The number of likely N-dealkylation sites (tertiary alicyclic amines) is 1. The highest BCUT2D eigenvalue weighted by Crippen LogP contribution is 2.36. The van der Waals surface area contributed by atoms with Gasteiger partial charge in [-0.3, -0.25) is 9.59 Å². The largest absolute Gasteiger partial charge is 0.490 e. The first-order valence-corrected chi connectivity index (χ1v) is 12.0. The molecule has 3 aliphatic rings. The maximum atomic E-state index is 12.9. The number of benzene rings is 2. The standard InChI is InChI=1S/C26H31N3O5.ClH/c1-18(30)27-21-2-4-22(5-3-21)34-23-7-10-28(11-8-23)12-9-26(31)29-13-6-19-14-24-25(33-17-32-24)15-20(19)16-29;/h2-5,14-15,23H,6-13,16-17H2,1H3,(H,27,30);1H. The van der Waals surface area contributed by atoms with Gasteiger partial charge in [-0.2, -0.15) is 0 Å². The minimum atomic E-state index is -0.0857. The van der Waals surface area contributed by atoms with Crippen molar-refractivity contribution in [1.82, 2.24) is 9.80 Å². The van der Waals surface area contributed by atoms with E-state index in [-0.39, 0.29) is 37.1 Å². The minimum Gasteiger partial charge on any atom is -0.490 e. The fourth-order valence-electron chi connectivity index (χ4n) is 4.83. The molecule has 0 aliphatic carbocycles. The van der Waals surface area contributed by atoms with Crippen molar-refractivity contribution in [2.24, 2.45) is 0 Å². The van der Waals surface area contributed by atoms with Crippen LogP contribution in [0.1, 0.15) is 37.3 Å². The zero-order valence-electron chi connectivity index (χ0n) is 20.0. The summed E-state index contributed by atoms with van der Waals surface area (Å²) in [7, 11) is 0. The number of nitrogens with zero attached hydrogens (tertiary/aromatic N) is 2.